The summed E-state index contributed by atoms with van der Waals surface area (Å²) in [6.07, 6.45) is 2.14. The number of ether oxygens (including phenoxy) is 1. The predicted molar refractivity (Wildman–Crippen MR) is 95.8 cm³/mol. The Labute approximate surface area is 149 Å². The highest BCUT2D eigenvalue weighted by molar-refractivity contribution is 8.15. The second-order valence-electron chi connectivity index (χ2n) is 5.75. The monoisotopic (exact) mass is 361 g/mol. The predicted octanol–water partition coefficient (Wildman–Crippen LogP) is 1.72. The molecule has 1 N–H and O–H groups in total. The van der Waals surface area contributed by atoms with Gasteiger partial charge in [0.2, 0.25) is 5.91 Å². The summed E-state index contributed by atoms with van der Waals surface area (Å²) >= 11 is 1.26. The average Bonchev–Trinajstić information content (AvgIpc) is 3.18. The van der Waals surface area contributed by atoms with Gasteiger partial charge in [-0.05, 0) is 37.1 Å². The minimum Gasteiger partial charge on any atom is -0.484 e. The molecule has 1 aromatic carbocycles. The van der Waals surface area contributed by atoms with Gasteiger partial charge in [-0.15, -0.1) is 0 Å². The van der Waals surface area contributed by atoms with E-state index in [0.29, 0.717) is 23.8 Å². The first-order valence-corrected chi connectivity index (χ1v) is 9.07. The number of anilines is 1. The number of carbonyl (C=O) groups is 3. The molecule has 2 aliphatic heterocycles. The van der Waals surface area contributed by atoms with E-state index in [0.717, 1.165) is 18.7 Å². The fraction of sp³-hybridized carbons (Fsp3) is 0.412. The number of amides is 3. The topological polar surface area (TPSA) is 88.1 Å². The quantitative estimate of drug-likeness (QED) is 0.863. The highest BCUT2D eigenvalue weighted by Crippen LogP contribution is 2.24. The zero-order valence-corrected chi connectivity index (χ0v) is 14.7. The van der Waals surface area contributed by atoms with Gasteiger partial charge in [-0.1, -0.05) is 18.7 Å². The van der Waals surface area contributed by atoms with Crippen LogP contribution in [0.5, 0.6) is 5.75 Å². The van der Waals surface area contributed by atoms with Crippen molar-refractivity contribution in [2.24, 2.45) is 4.99 Å². The molecule has 0 aromatic heterocycles. The van der Waals surface area contributed by atoms with E-state index in [2.05, 4.69) is 10.3 Å². The largest absolute Gasteiger partial charge is 0.484 e. The Bertz CT molecular complexity index is 717. The number of aliphatic imine (C=N–C) groups is 1. The Kier molecular flexibility index (Phi) is 5.37. The third-order valence-corrected chi connectivity index (χ3v) is 5.19. The third kappa shape index (κ3) is 4.19. The number of nitrogens with one attached hydrogen (secondary N) is 1. The Morgan fingerprint density at radius 2 is 2.12 bits per heavy atom. The number of amidine groups is 1. The summed E-state index contributed by atoms with van der Waals surface area (Å²) in [5.41, 5.74) is 0.833. The van der Waals surface area contributed by atoms with Crippen molar-refractivity contribution in [2.45, 2.75) is 31.4 Å². The summed E-state index contributed by atoms with van der Waals surface area (Å²) in [6.45, 7) is 2.46. The van der Waals surface area contributed by atoms with Gasteiger partial charge in [-0.25, -0.2) is 0 Å². The maximum atomic E-state index is 11.9. The first kappa shape index (κ1) is 17.5. The third-order valence-electron chi connectivity index (χ3n) is 3.95. The number of benzene rings is 1. The van der Waals surface area contributed by atoms with Crippen LogP contribution in [0.25, 0.3) is 0 Å². The first-order chi connectivity index (χ1) is 12.1. The highest BCUT2D eigenvalue weighted by Gasteiger charge is 2.27. The van der Waals surface area contributed by atoms with Crippen LogP contribution in [0.15, 0.2) is 29.3 Å². The van der Waals surface area contributed by atoms with Crippen molar-refractivity contribution in [3.05, 3.63) is 24.3 Å². The van der Waals surface area contributed by atoms with E-state index in [1.54, 1.807) is 29.2 Å². The summed E-state index contributed by atoms with van der Waals surface area (Å²) in [5, 5.41) is 2.70. The maximum Gasteiger partial charge on any atom is 0.263 e. The molecule has 2 heterocycles. The van der Waals surface area contributed by atoms with Crippen LogP contribution in [0.4, 0.5) is 5.69 Å². The molecular weight excluding hydrogens is 342 g/mol. The van der Waals surface area contributed by atoms with E-state index in [4.69, 9.17) is 4.74 Å². The van der Waals surface area contributed by atoms with Crippen LogP contribution >= 0.6 is 11.8 Å². The molecule has 0 spiro atoms. The van der Waals surface area contributed by atoms with Gasteiger partial charge in [-0.2, -0.15) is 4.99 Å². The number of rotatable bonds is 5. The van der Waals surface area contributed by atoms with E-state index < -0.39 is 0 Å². The molecule has 3 rings (SSSR count). The number of hydrogen-bond acceptors (Lipinski definition) is 5. The lowest BCUT2D eigenvalue weighted by atomic mass is 10.3. The van der Waals surface area contributed by atoms with Crippen molar-refractivity contribution in [3.8, 4) is 5.75 Å². The molecule has 7 nitrogen and oxygen atoms in total. The second-order valence-corrected chi connectivity index (χ2v) is 6.94. The van der Waals surface area contributed by atoms with E-state index >= 15 is 0 Å². The van der Waals surface area contributed by atoms with Gasteiger partial charge in [0.05, 0.1) is 5.25 Å². The van der Waals surface area contributed by atoms with Crippen LogP contribution in [-0.2, 0) is 14.4 Å². The smallest absolute Gasteiger partial charge is 0.263 e. The zero-order valence-electron chi connectivity index (χ0n) is 13.9. The van der Waals surface area contributed by atoms with E-state index in [-0.39, 0.29) is 29.6 Å². The minimum atomic E-state index is -0.366. The van der Waals surface area contributed by atoms with Crippen molar-refractivity contribution in [1.82, 2.24) is 5.32 Å². The SMILES string of the molecule is CC[C@@H]1SC(NC(=O)COc2ccc(N3CCCC3=O)cc2)=NC1=O. The molecule has 132 valence electrons. The van der Waals surface area contributed by atoms with Crippen LogP contribution < -0.4 is 15.0 Å². The number of carbonyl (C=O) groups excluding carboxylic acids is 3. The standard InChI is InChI=1S/C17H19N3O4S/c1-2-13-16(23)19-17(25-13)18-14(21)10-24-12-7-5-11(6-8-12)20-9-3-4-15(20)22/h5-8,13H,2-4,9-10H2,1H3,(H,18,19,21,23)/t13-/m0/s1. The molecule has 1 saturated heterocycles. The molecule has 0 saturated carbocycles. The maximum absolute atomic E-state index is 11.9. The lowest BCUT2D eigenvalue weighted by Gasteiger charge is -2.16. The fourth-order valence-electron chi connectivity index (χ4n) is 2.65. The summed E-state index contributed by atoms with van der Waals surface area (Å²) in [7, 11) is 0. The first-order valence-electron chi connectivity index (χ1n) is 8.19. The van der Waals surface area contributed by atoms with Gasteiger partial charge in [0, 0.05) is 18.7 Å². The van der Waals surface area contributed by atoms with Crippen molar-refractivity contribution >= 4 is 40.3 Å². The average molecular weight is 361 g/mol. The highest BCUT2D eigenvalue weighted by atomic mass is 32.2. The van der Waals surface area contributed by atoms with Gasteiger partial charge < -0.3 is 15.0 Å². The molecule has 0 unspecified atom stereocenters. The molecule has 1 aromatic rings. The molecule has 3 amide bonds. The Balaban J connectivity index is 1.48. The molecular formula is C17H19N3O4S. The van der Waals surface area contributed by atoms with Crippen molar-refractivity contribution in [2.75, 3.05) is 18.1 Å². The van der Waals surface area contributed by atoms with E-state index in [9.17, 15) is 14.4 Å². The fourth-order valence-corrected chi connectivity index (χ4v) is 3.55. The Morgan fingerprint density at radius 1 is 1.36 bits per heavy atom. The number of hydrogen-bond donors (Lipinski definition) is 1. The van der Waals surface area contributed by atoms with E-state index in [1.807, 2.05) is 6.92 Å². The second kappa shape index (κ2) is 7.69. The molecule has 1 atom stereocenters. The normalized spacial score (nSPS) is 20.0. The van der Waals surface area contributed by atoms with Gasteiger partial charge in [0.1, 0.15) is 5.75 Å². The van der Waals surface area contributed by atoms with Crippen LogP contribution in [0.2, 0.25) is 0 Å². The van der Waals surface area contributed by atoms with Crippen molar-refractivity contribution < 1.29 is 19.1 Å². The molecule has 0 radical (unpaired) electrons. The van der Waals surface area contributed by atoms with Crippen molar-refractivity contribution in [3.63, 3.8) is 0 Å². The lowest BCUT2D eigenvalue weighted by molar-refractivity contribution is -0.121. The van der Waals surface area contributed by atoms with Gasteiger partial charge in [-0.3, -0.25) is 14.4 Å². The van der Waals surface area contributed by atoms with E-state index in [1.165, 1.54) is 11.8 Å². The number of thioether (sulfide) groups is 1. The van der Waals surface area contributed by atoms with Crippen LogP contribution in [-0.4, -0.2) is 41.3 Å². The van der Waals surface area contributed by atoms with Crippen LogP contribution in [0.1, 0.15) is 26.2 Å². The summed E-state index contributed by atoms with van der Waals surface area (Å²) in [6, 6.07) is 7.06. The molecule has 2 aliphatic rings. The molecule has 0 bridgehead atoms. The van der Waals surface area contributed by atoms with Gasteiger partial charge >= 0.3 is 0 Å². The number of nitrogens with zero attached hydrogens (tertiary/aromatic N) is 2. The Morgan fingerprint density at radius 3 is 2.72 bits per heavy atom. The summed E-state index contributed by atoms with van der Waals surface area (Å²) in [4.78, 5) is 40.7. The van der Waals surface area contributed by atoms with Crippen LogP contribution in [0, 0.1) is 0 Å². The van der Waals surface area contributed by atoms with Gasteiger partial charge in [0.15, 0.2) is 11.8 Å². The minimum absolute atomic E-state index is 0.128. The lowest BCUT2D eigenvalue weighted by Crippen LogP contribution is -2.32. The van der Waals surface area contributed by atoms with Crippen molar-refractivity contribution in [1.29, 1.82) is 0 Å². The molecule has 1 fully saturated rings. The summed E-state index contributed by atoms with van der Waals surface area (Å²) in [5.74, 6) is 0.0854. The van der Waals surface area contributed by atoms with Gasteiger partial charge in [0.25, 0.3) is 11.8 Å². The zero-order chi connectivity index (χ0) is 17.8. The van der Waals surface area contributed by atoms with Crippen LogP contribution in [0.3, 0.4) is 0 Å². The molecule has 25 heavy (non-hydrogen) atoms. The molecule has 8 heteroatoms. The Hall–Kier alpha value is -2.35. The molecule has 0 aliphatic carbocycles. The summed E-state index contributed by atoms with van der Waals surface area (Å²) < 4.78 is 5.44.